The Morgan fingerprint density at radius 1 is 0.889 bits per heavy atom. The number of benzene rings is 2. The third-order valence-electron chi connectivity index (χ3n) is 2.47. The average molecular weight is 262 g/mol. The van der Waals surface area contributed by atoms with Gasteiger partial charge in [0.15, 0.2) is 0 Å². The second-order valence-corrected chi connectivity index (χ2v) is 4.46. The molecule has 0 amide bonds. The lowest BCUT2D eigenvalue weighted by molar-refractivity contribution is -0.160. The smallest absolute Gasteiger partial charge is 0.0725 e. The van der Waals surface area contributed by atoms with E-state index < -0.39 is 0 Å². The van der Waals surface area contributed by atoms with E-state index in [0.29, 0.717) is 11.4 Å². The van der Waals surface area contributed by atoms with Gasteiger partial charge in [-0.15, -0.1) is 0 Å². The summed E-state index contributed by atoms with van der Waals surface area (Å²) in [6.07, 6.45) is 0. The fourth-order valence-electron chi connectivity index (χ4n) is 1.53. The molecule has 4 N–H and O–H groups in total. The molecule has 0 aliphatic carbocycles. The summed E-state index contributed by atoms with van der Waals surface area (Å²) < 4.78 is 4.78. The minimum Gasteiger partial charge on any atom is -0.397 e. The molecule has 2 rings (SSSR count). The van der Waals surface area contributed by atoms with Crippen LogP contribution in [-0.4, -0.2) is 7.11 Å². The van der Waals surface area contributed by atoms with E-state index >= 15 is 0 Å². The second kappa shape index (κ2) is 5.77. The number of nitrogens with two attached hydrogens (primary N) is 2. The van der Waals surface area contributed by atoms with Crippen molar-refractivity contribution in [2.24, 2.45) is 0 Å². The molecule has 0 bridgehead atoms. The molecule has 0 aliphatic heterocycles. The van der Waals surface area contributed by atoms with Crippen LogP contribution >= 0.6 is 12.0 Å². The van der Waals surface area contributed by atoms with Crippen LogP contribution in [0.4, 0.5) is 11.4 Å². The van der Waals surface area contributed by atoms with Gasteiger partial charge in [-0.1, -0.05) is 18.2 Å². The van der Waals surface area contributed by atoms with Crippen LogP contribution in [0.25, 0.3) is 11.1 Å². The van der Waals surface area contributed by atoms with E-state index in [1.54, 1.807) is 6.07 Å². The van der Waals surface area contributed by atoms with Crippen LogP contribution in [0.1, 0.15) is 0 Å². The third kappa shape index (κ3) is 2.95. The summed E-state index contributed by atoms with van der Waals surface area (Å²) in [4.78, 5) is 5.48. The molecule has 2 aromatic carbocycles. The lowest BCUT2D eigenvalue weighted by atomic mass is 10.0. The molecular formula is C13H14N2O2S. The van der Waals surface area contributed by atoms with Crippen LogP contribution in [0.3, 0.4) is 0 Å². The summed E-state index contributed by atoms with van der Waals surface area (Å²) in [5.41, 5.74) is 14.8. The molecule has 2 aromatic rings. The molecule has 0 radical (unpaired) electrons. The Hall–Kier alpha value is -1.69. The second-order valence-electron chi connectivity index (χ2n) is 3.69. The first-order valence-electron chi connectivity index (χ1n) is 5.33. The molecule has 0 saturated heterocycles. The van der Waals surface area contributed by atoms with Crippen molar-refractivity contribution in [3.63, 3.8) is 0 Å². The van der Waals surface area contributed by atoms with Crippen molar-refractivity contribution in [2.75, 3.05) is 18.6 Å². The summed E-state index contributed by atoms with van der Waals surface area (Å²) in [5.74, 6) is 0. The molecule has 5 heteroatoms. The van der Waals surface area contributed by atoms with Crippen molar-refractivity contribution in [3.05, 3.63) is 42.5 Å². The maximum absolute atomic E-state index is 5.79. The van der Waals surface area contributed by atoms with Gasteiger partial charge in [-0.25, -0.2) is 4.89 Å². The first-order valence-corrected chi connectivity index (χ1v) is 6.07. The van der Waals surface area contributed by atoms with Gasteiger partial charge in [-0.2, -0.15) is 4.33 Å². The molecular weight excluding hydrogens is 248 g/mol. The van der Waals surface area contributed by atoms with E-state index in [-0.39, 0.29) is 0 Å². The Labute approximate surface area is 110 Å². The minimum absolute atomic E-state index is 0.591. The van der Waals surface area contributed by atoms with Crippen molar-refractivity contribution >= 4 is 23.4 Å². The molecule has 0 spiro atoms. The SMILES string of the molecule is COOSc1ccc(-c2ccc(N)c(N)c2)cc1. The summed E-state index contributed by atoms with van der Waals surface area (Å²) in [6.45, 7) is 0. The largest absolute Gasteiger partial charge is 0.397 e. The predicted molar refractivity (Wildman–Crippen MR) is 74.7 cm³/mol. The Morgan fingerprint density at radius 3 is 2.17 bits per heavy atom. The Morgan fingerprint density at radius 2 is 1.56 bits per heavy atom. The third-order valence-corrected chi connectivity index (χ3v) is 3.14. The van der Waals surface area contributed by atoms with Crippen molar-refractivity contribution < 1.29 is 9.22 Å². The van der Waals surface area contributed by atoms with E-state index in [1.165, 1.54) is 7.11 Å². The van der Waals surface area contributed by atoms with Gasteiger partial charge in [0.1, 0.15) is 0 Å². The molecule has 0 atom stereocenters. The lowest BCUT2D eigenvalue weighted by Gasteiger charge is -2.06. The number of nitrogen functional groups attached to an aromatic ring is 2. The number of rotatable bonds is 4. The zero-order chi connectivity index (χ0) is 13.0. The van der Waals surface area contributed by atoms with E-state index in [1.807, 2.05) is 36.4 Å². The quantitative estimate of drug-likeness (QED) is 0.383. The molecule has 94 valence electrons. The summed E-state index contributed by atoms with van der Waals surface area (Å²) >= 11 is 1.16. The Bertz CT molecular complexity index is 529. The van der Waals surface area contributed by atoms with Gasteiger partial charge in [0.25, 0.3) is 0 Å². The molecule has 18 heavy (non-hydrogen) atoms. The van der Waals surface area contributed by atoms with Crippen LogP contribution in [0.5, 0.6) is 0 Å². The highest BCUT2D eigenvalue weighted by molar-refractivity contribution is 7.94. The Balaban J connectivity index is 2.20. The highest BCUT2D eigenvalue weighted by atomic mass is 32.2. The van der Waals surface area contributed by atoms with Gasteiger partial charge in [-0.05, 0) is 35.4 Å². The van der Waals surface area contributed by atoms with Crippen LogP contribution in [0.15, 0.2) is 47.4 Å². The van der Waals surface area contributed by atoms with E-state index in [4.69, 9.17) is 15.8 Å². The highest BCUT2D eigenvalue weighted by Gasteiger charge is 2.01. The molecule has 4 nitrogen and oxygen atoms in total. The van der Waals surface area contributed by atoms with Gasteiger partial charge in [-0.3, -0.25) is 0 Å². The first-order chi connectivity index (χ1) is 8.70. The highest BCUT2D eigenvalue weighted by Crippen LogP contribution is 2.27. The monoisotopic (exact) mass is 262 g/mol. The maximum Gasteiger partial charge on any atom is 0.0725 e. The summed E-state index contributed by atoms with van der Waals surface area (Å²) in [5, 5.41) is 0. The van der Waals surface area contributed by atoms with Crippen molar-refractivity contribution in [1.82, 2.24) is 0 Å². The molecule has 0 fully saturated rings. The van der Waals surface area contributed by atoms with Gasteiger partial charge in [0.05, 0.1) is 30.5 Å². The number of hydrogen-bond acceptors (Lipinski definition) is 5. The van der Waals surface area contributed by atoms with Gasteiger partial charge in [0, 0.05) is 4.90 Å². The van der Waals surface area contributed by atoms with E-state index in [2.05, 4.69) is 4.89 Å². The minimum atomic E-state index is 0.591. The normalized spacial score (nSPS) is 10.5. The van der Waals surface area contributed by atoms with Crippen molar-refractivity contribution in [2.45, 2.75) is 4.90 Å². The summed E-state index contributed by atoms with van der Waals surface area (Å²) in [6, 6.07) is 13.5. The van der Waals surface area contributed by atoms with E-state index in [0.717, 1.165) is 28.1 Å². The maximum atomic E-state index is 5.79. The molecule has 0 unspecified atom stereocenters. The van der Waals surface area contributed by atoms with Crippen LogP contribution in [-0.2, 0) is 9.22 Å². The van der Waals surface area contributed by atoms with Gasteiger partial charge >= 0.3 is 0 Å². The lowest BCUT2D eigenvalue weighted by Crippen LogP contribution is -1.94. The predicted octanol–water partition coefficient (Wildman–Crippen LogP) is 3.10. The fraction of sp³-hybridized carbons (Fsp3) is 0.0769. The Kier molecular flexibility index (Phi) is 4.09. The van der Waals surface area contributed by atoms with Gasteiger partial charge in [0.2, 0.25) is 0 Å². The average Bonchev–Trinajstić information content (AvgIpc) is 2.40. The fourth-order valence-corrected chi connectivity index (χ4v) is 1.92. The first kappa shape index (κ1) is 12.8. The molecule has 0 heterocycles. The standard InChI is InChI=1S/C13H14N2O2S/c1-16-17-18-11-5-2-9(3-6-11)10-4-7-12(14)13(15)8-10/h2-8H,14-15H2,1H3. The number of hydrogen-bond donors (Lipinski definition) is 2. The number of anilines is 2. The van der Waals surface area contributed by atoms with Crippen LogP contribution in [0.2, 0.25) is 0 Å². The van der Waals surface area contributed by atoms with Crippen molar-refractivity contribution in [1.29, 1.82) is 0 Å². The van der Waals surface area contributed by atoms with E-state index in [9.17, 15) is 0 Å². The zero-order valence-corrected chi connectivity index (χ0v) is 10.7. The van der Waals surface area contributed by atoms with Crippen LogP contribution < -0.4 is 11.5 Å². The van der Waals surface area contributed by atoms with Crippen molar-refractivity contribution in [3.8, 4) is 11.1 Å². The molecule has 0 saturated carbocycles. The zero-order valence-electron chi connectivity index (χ0n) is 9.92. The van der Waals surface area contributed by atoms with Crippen LogP contribution in [0, 0.1) is 0 Å². The van der Waals surface area contributed by atoms with Gasteiger partial charge < -0.3 is 11.5 Å². The topological polar surface area (TPSA) is 70.5 Å². The molecule has 0 aliphatic rings. The molecule has 0 aromatic heterocycles. The summed E-state index contributed by atoms with van der Waals surface area (Å²) in [7, 11) is 1.47.